The van der Waals surface area contributed by atoms with Crippen molar-refractivity contribution in [1.82, 2.24) is 26.6 Å². The maximum atomic E-state index is 14.7. The monoisotopic (exact) mass is 948 g/mol. The van der Waals surface area contributed by atoms with E-state index in [0.29, 0.717) is 25.8 Å². The molecule has 3 aromatic carbocycles. The second-order valence-electron chi connectivity index (χ2n) is 20.6. The molecule has 0 aliphatic carbocycles. The number of hydrogen-bond donors (Lipinski definition) is 5. The minimum Gasteiger partial charge on any atom is -0.450 e. The van der Waals surface area contributed by atoms with E-state index in [4.69, 9.17) is 22.4 Å². The number of likely N-dealkylation sites (N-methyl/N-ethyl adjacent to an activating group) is 1. The van der Waals surface area contributed by atoms with E-state index < -0.39 is 85.4 Å². The van der Waals surface area contributed by atoms with Crippen LogP contribution in [0.2, 0.25) is 0 Å². The SMILES string of the molecule is CN[C@@H](CCCCNC(=O)OC(C)(C)C)C(=O)N[C@@H](Cc1ccccc1)C(=O)N[C@@H](Cc1ccccc1)C(=O)N[C@@H](Cc1ccccc1)C(=O)O[Si](OC(C)(C)C)(OC(C)(C)C)OC(C)(C)C. The quantitative estimate of drug-likeness (QED) is 0.0492. The van der Waals surface area contributed by atoms with Crippen LogP contribution in [0.5, 0.6) is 0 Å². The van der Waals surface area contributed by atoms with E-state index in [1.807, 2.05) is 153 Å². The lowest BCUT2D eigenvalue weighted by Gasteiger charge is -2.40. The number of hydrogen-bond acceptors (Lipinski definition) is 11. The highest BCUT2D eigenvalue weighted by molar-refractivity contribution is 6.56. The van der Waals surface area contributed by atoms with Gasteiger partial charge in [-0.2, -0.15) is 0 Å². The Morgan fingerprint density at radius 1 is 0.493 bits per heavy atom. The van der Waals surface area contributed by atoms with Gasteiger partial charge in [-0.3, -0.25) is 19.2 Å². The lowest BCUT2D eigenvalue weighted by molar-refractivity contribution is -0.164. The van der Waals surface area contributed by atoms with Crippen molar-refractivity contribution >= 4 is 38.8 Å². The first-order valence-electron chi connectivity index (χ1n) is 23.2. The highest BCUT2D eigenvalue weighted by Crippen LogP contribution is 2.30. The summed E-state index contributed by atoms with van der Waals surface area (Å²) in [5.41, 5.74) is -0.968. The normalized spacial score (nSPS) is 14.2. The van der Waals surface area contributed by atoms with E-state index >= 15 is 0 Å². The number of ether oxygens (including phenoxy) is 1. The minimum absolute atomic E-state index is 0.0254. The molecule has 4 atom stereocenters. The number of carbonyl (C=O) groups excluding carboxylic acids is 5. The summed E-state index contributed by atoms with van der Waals surface area (Å²) in [6, 6.07) is 23.3. The molecule has 15 nitrogen and oxygen atoms in total. The van der Waals surface area contributed by atoms with Crippen molar-refractivity contribution in [2.45, 2.75) is 168 Å². The molecule has 3 aromatic rings. The minimum atomic E-state index is -4.35. The van der Waals surface area contributed by atoms with Crippen LogP contribution in [-0.2, 0) is 60.9 Å². The Balaban J connectivity index is 1.96. The molecule has 0 fully saturated rings. The summed E-state index contributed by atoms with van der Waals surface area (Å²) in [4.78, 5) is 69.9. The van der Waals surface area contributed by atoms with Crippen LogP contribution in [0.25, 0.3) is 0 Å². The number of benzene rings is 3. The molecule has 0 aliphatic heterocycles. The largest absolute Gasteiger partial charge is 0.752 e. The summed E-state index contributed by atoms with van der Waals surface area (Å²) >= 11 is 0. The molecule has 0 spiro atoms. The van der Waals surface area contributed by atoms with Crippen molar-refractivity contribution in [3.63, 3.8) is 0 Å². The number of rotatable bonds is 23. The molecule has 0 bridgehead atoms. The predicted octanol–water partition coefficient (Wildman–Crippen LogP) is 6.88. The average molecular weight is 948 g/mol. The summed E-state index contributed by atoms with van der Waals surface area (Å²) in [7, 11) is -2.69. The number of alkyl carbamates (subject to hydrolysis) is 1. The summed E-state index contributed by atoms with van der Waals surface area (Å²) in [5.74, 6) is -2.52. The molecular formula is C51H77N5O10Si. The molecule has 0 aromatic heterocycles. The maximum Gasteiger partial charge on any atom is 0.752 e. The van der Waals surface area contributed by atoms with Gasteiger partial charge >= 0.3 is 21.1 Å². The molecule has 3 rings (SSSR count). The van der Waals surface area contributed by atoms with Crippen LogP contribution in [0.1, 0.15) is 119 Å². The van der Waals surface area contributed by atoms with Crippen LogP contribution in [0.4, 0.5) is 4.79 Å². The van der Waals surface area contributed by atoms with Crippen molar-refractivity contribution in [3.8, 4) is 0 Å². The molecule has 0 saturated carbocycles. The van der Waals surface area contributed by atoms with E-state index in [0.717, 1.165) is 16.7 Å². The Hall–Kier alpha value is -5.13. The van der Waals surface area contributed by atoms with Gasteiger partial charge in [-0.15, -0.1) is 0 Å². The van der Waals surface area contributed by atoms with Crippen molar-refractivity contribution in [2.75, 3.05) is 13.6 Å². The molecule has 0 heterocycles. The third-order valence-electron chi connectivity index (χ3n) is 9.49. The summed E-state index contributed by atoms with van der Waals surface area (Å²) < 4.78 is 30.9. The van der Waals surface area contributed by atoms with Gasteiger partial charge in [0.1, 0.15) is 23.7 Å². The number of unbranched alkanes of at least 4 members (excludes halogenated alkanes) is 1. The number of amides is 4. The van der Waals surface area contributed by atoms with Crippen LogP contribution in [0.15, 0.2) is 91.0 Å². The molecule has 0 unspecified atom stereocenters. The Bertz CT molecular complexity index is 1970. The van der Waals surface area contributed by atoms with Crippen LogP contribution >= 0.6 is 0 Å². The van der Waals surface area contributed by atoms with Crippen LogP contribution in [0, 0.1) is 0 Å². The summed E-state index contributed by atoms with van der Waals surface area (Å²) in [6.45, 7) is 22.0. The van der Waals surface area contributed by atoms with Crippen molar-refractivity contribution < 1.29 is 46.4 Å². The molecule has 370 valence electrons. The fraction of sp³-hybridized carbons (Fsp3) is 0.549. The molecule has 0 radical (unpaired) electrons. The van der Waals surface area contributed by atoms with Gasteiger partial charge in [0.15, 0.2) is 0 Å². The van der Waals surface area contributed by atoms with E-state index in [-0.39, 0.29) is 19.3 Å². The van der Waals surface area contributed by atoms with Gasteiger partial charge in [0, 0.05) is 25.8 Å². The first kappa shape index (κ1) is 56.2. The Labute approximate surface area is 400 Å². The second-order valence-corrected chi connectivity index (χ2v) is 22.4. The molecule has 0 aliphatic rings. The molecule has 16 heteroatoms. The number of carbonyl (C=O) groups is 5. The highest BCUT2D eigenvalue weighted by atomic mass is 28.4. The topological polar surface area (TPSA) is 192 Å². The molecule has 67 heavy (non-hydrogen) atoms. The van der Waals surface area contributed by atoms with E-state index in [1.54, 1.807) is 27.8 Å². The third-order valence-corrected chi connectivity index (χ3v) is 12.5. The van der Waals surface area contributed by atoms with Crippen LogP contribution in [-0.4, -0.2) is 99.0 Å². The predicted molar refractivity (Wildman–Crippen MR) is 262 cm³/mol. The highest BCUT2D eigenvalue weighted by Gasteiger charge is 2.58. The molecular weight excluding hydrogens is 871 g/mol. The zero-order valence-electron chi connectivity index (χ0n) is 42.0. The Morgan fingerprint density at radius 2 is 0.851 bits per heavy atom. The first-order valence-corrected chi connectivity index (χ1v) is 24.8. The summed E-state index contributed by atoms with van der Waals surface area (Å²) in [5, 5.41) is 14.6. The van der Waals surface area contributed by atoms with Crippen LogP contribution in [0.3, 0.4) is 0 Å². The maximum absolute atomic E-state index is 14.7. The fourth-order valence-electron chi connectivity index (χ4n) is 6.81. The van der Waals surface area contributed by atoms with Crippen molar-refractivity contribution in [3.05, 3.63) is 108 Å². The van der Waals surface area contributed by atoms with Crippen LogP contribution < -0.4 is 26.6 Å². The first-order chi connectivity index (χ1) is 31.1. The lowest BCUT2D eigenvalue weighted by Crippen LogP contribution is -2.62. The van der Waals surface area contributed by atoms with E-state index in [1.165, 1.54) is 0 Å². The Kier molecular flexibility index (Phi) is 21.2. The van der Waals surface area contributed by atoms with Gasteiger partial charge in [-0.05, 0) is 126 Å². The second kappa shape index (κ2) is 25.3. The van der Waals surface area contributed by atoms with E-state index in [2.05, 4.69) is 26.6 Å². The zero-order valence-corrected chi connectivity index (χ0v) is 43.0. The van der Waals surface area contributed by atoms with Crippen molar-refractivity contribution in [1.29, 1.82) is 0 Å². The Morgan fingerprint density at radius 3 is 1.21 bits per heavy atom. The fourth-order valence-corrected chi connectivity index (χ4v) is 9.70. The average Bonchev–Trinajstić information content (AvgIpc) is 3.19. The van der Waals surface area contributed by atoms with E-state index in [9.17, 15) is 24.0 Å². The van der Waals surface area contributed by atoms with Gasteiger partial charge in [0.25, 0.3) is 0 Å². The smallest absolute Gasteiger partial charge is 0.450 e. The van der Waals surface area contributed by atoms with Gasteiger partial charge in [0.2, 0.25) is 17.7 Å². The van der Waals surface area contributed by atoms with Gasteiger partial charge in [-0.1, -0.05) is 91.0 Å². The zero-order chi connectivity index (χ0) is 50.1. The van der Waals surface area contributed by atoms with Gasteiger partial charge in [0.05, 0.1) is 22.8 Å². The van der Waals surface area contributed by atoms with Gasteiger partial charge in [-0.25, -0.2) is 4.79 Å². The summed E-state index contributed by atoms with van der Waals surface area (Å²) in [6.07, 6.45) is 1.29. The van der Waals surface area contributed by atoms with Crippen molar-refractivity contribution in [2.24, 2.45) is 0 Å². The molecule has 5 N–H and O–H groups in total. The number of nitrogens with one attached hydrogen (secondary N) is 5. The molecule has 0 saturated heterocycles. The lowest BCUT2D eigenvalue weighted by atomic mass is 10.0. The third kappa shape index (κ3) is 22.5. The molecule has 4 amide bonds. The standard InChI is InChI=1S/C51H77N5O10Si/c1-48(2,3)62-47(61)53-32-24-23-31-39(52-13)43(57)54-40(33-36-25-17-14-18-26-36)44(58)55-41(34-37-27-19-15-20-28-37)45(59)56-42(35-38-29-21-16-22-30-38)46(60)63-67(64-49(4,5)6,65-50(7,8)9)66-51(10,11)12/h14-22,25-30,39-42,52H,23-24,31-35H2,1-13H3,(H,53,61)(H,54,57)(H,55,58)(H,56,59)/t39-,40-,41-,42-/m0/s1. The van der Waals surface area contributed by atoms with Gasteiger partial charge < -0.3 is 49.0 Å².